The first-order valence-corrected chi connectivity index (χ1v) is 12.6. The predicted molar refractivity (Wildman–Crippen MR) is 149 cm³/mol. The van der Waals surface area contributed by atoms with Crippen LogP contribution in [0.25, 0.3) is 16.8 Å². The molecule has 0 spiro atoms. The van der Waals surface area contributed by atoms with Crippen molar-refractivity contribution in [2.75, 3.05) is 38.7 Å². The molecule has 4 aromatic rings. The van der Waals surface area contributed by atoms with Gasteiger partial charge in [0.2, 0.25) is 11.7 Å². The van der Waals surface area contributed by atoms with Crippen molar-refractivity contribution < 1.29 is 14.4 Å². The number of anilines is 2. The molecule has 5 rings (SSSR count). The molecule has 1 aromatic carbocycles. The minimum Gasteiger partial charge on any atom is -0.494 e. The Hall–Kier alpha value is -4.76. The Morgan fingerprint density at radius 3 is 2.65 bits per heavy atom. The monoisotopic (exact) mass is 569 g/mol. The average Bonchev–Trinajstić information content (AvgIpc) is 3.65. The summed E-state index contributed by atoms with van der Waals surface area (Å²) in [4.78, 5) is 22.4. The number of aromatic nitrogens is 4. The molecule has 1 aliphatic rings. The van der Waals surface area contributed by atoms with E-state index in [1.54, 1.807) is 10.7 Å². The van der Waals surface area contributed by atoms with Gasteiger partial charge in [0.1, 0.15) is 12.4 Å². The number of benzene rings is 1. The second-order valence-corrected chi connectivity index (χ2v) is 8.92. The van der Waals surface area contributed by atoms with Crippen LogP contribution in [0.4, 0.5) is 17.3 Å². The van der Waals surface area contributed by atoms with Gasteiger partial charge in [0.15, 0.2) is 0 Å². The van der Waals surface area contributed by atoms with Crippen molar-refractivity contribution in [3.8, 4) is 22.8 Å². The molecule has 1 saturated heterocycles. The molecular weight excluding hydrogens is 542 g/mol. The first kappa shape index (κ1) is 28.3. The third-order valence-electron chi connectivity index (χ3n) is 6.08. The summed E-state index contributed by atoms with van der Waals surface area (Å²) < 4.78 is 13.0. The fraction of sp³-hybridized carbons (Fsp3) is 0.292. The predicted octanol–water partition coefficient (Wildman–Crippen LogP) is 3.77. The number of fused-ring (bicyclic) bond motifs is 1. The zero-order valence-corrected chi connectivity index (χ0v) is 22.4. The maximum absolute atomic E-state index is 11.8. The van der Waals surface area contributed by atoms with E-state index in [0.29, 0.717) is 35.3 Å². The fourth-order valence-corrected chi connectivity index (χ4v) is 4.41. The van der Waals surface area contributed by atoms with Gasteiger partial charge in [0.25, 0.3) is 0 Å². The summed E-state index contributed by atoms with van der Waals surface area (Å²) in [6, 6.07) is 8.54. The second kappa shape index (κ2) is 13.3. The molecule has 0 radical (unpaired) electrons. The largest absolute Gasteiger partial charge is 0.494 e. The number of likely N-dealkylation sites (tertiary alicyclic amines) is 1. The van der Waals surface area contributed by atoms with Crippen LogP contribution in [0.2, 0.25) is 5.02 Å². The number of nitrogens with zero attached hydrogens (tertiary/aromatic N) is 8. The van der Waals surface area contributed by atoms with E-state index in [1.165, 1.54) is 38.3 Å². The first-order chi connectivity index (χ1) is 19.4. The number of pyridine rings is 1. The molecule has 5 N–H and O–H groups in total. The lowest BCUT2D eigenvalue weighted by Gasteiger charge is -2.16. The summed E-state index contributed by atoms with van der Waals surface area (Å²) in [6.45, 7) is 3.11. The zero-order chi connectivity index (χ0) is 28.5. The van der Waals surface area contributed by atoms with Crippen LogP contribution in [0.15, 0.2) is 59.4 Å². The molecular formula is C24H28ClN11O4. The Kier molecular flexibility index (Phi) is 9.43. The van der Waals surface area contributed by atoms with Crippen molar-refractivity contribution in [1.29, 1.82) is 0 Å². The van der Waals surface area contributed by atoms with Gasteiger partial charge in [0.05, 0.1) is 46.3 Å². The summed E-state index contributed by atoms with van der Waals surface area (Å²) in [6.07, 6.45) is 7.30. The molecule has 1 aliphatic heterocycles. The summed E-state index contributed by atoms with van der Waals surface area (Å²) in [5.74, 6) is 9.42. The van der Waals surface area contributed by atoms with Crippen molar-refractivity contribution in [2.24, 2.45) is 22.1 Å². The molecule has 0 saturated carbocycles. The highest BCUT2D eigenvalue weighted by molar-refractivity contribution is 6.33. The van der Waals surface area contributed by atoms with Crippen molar-refractivity contribution in [2.45, 2.75) is 12.8 Å². The van der Waals surface area contributed by atoms with Crippen LogP contribution in [-0.2, 0) is 0 Å². The van der Waals surface area contributed by atoms with E-state index in [4.69, 9.17) is 21.1 Å². The lowest BCUT2D eigenvalue weighted by Crippen LogP contribution is -2.25. The lowest BCUT2D eigenvalue weighted by molar-refractivity contribution is -0.385. The Bertz CT molecular complexity index is 1490. The molecule has 15 nitrogen and oxygen atoms in total. The fourth-order valence-electron chi connectivity index (χ4n) is 4.22. The van der Waals surface area contributed by atoms with Crippen LogP contribution in [0.3, 0.4) is 0 Å². The molecule has 3 aromatic heterocycles. The van der Waals surface area contributed by atoms with Gasteiger partial charge < -0.3 is 26.5 Å². The Morgan fingerprint density at radius 1 is 1.18 bits per heavy atom. The number of nitro benzene ring substituents is 1. The molecule has 0 atom stereocenters. The number of methoxy groups -OCH3 is 1. The highest BCUT2D eigenvalue weighted by Gasteiger charge is 2.22. The van der Waals surface area contributed by atoms with Gasteiger partial charge >= 0.3 is 5.69 Å². The van der Waals surface area contributed by atoms with E-state index >= 15 is 0 Å². The number of nitrogens with two attached hydrogens (primary N) is 2. The van der Waals surface area contributed by atoms with Crippen LogP contribution in [0, 0.1) is 10.1 Å². The average molecular weight is 570 g/mol. The third-order valence-corrected chi connectivity index (χ3v) is 6.36. The smallest absolute Gasteiger partial charge is 0.313 e. The minimum atomic E-state index is -0.483. The number of ether oxygens (including phenoxy) is 2. The van der Waals surface area contributed by atoms with Gasteiger partial charge in [-0.1, -0.05) is 28.1 Å². The summed E-state index contributed by atoms with van der Waals surface area (Å²) >= 11 is 6.41. The molecule has 16 heteroatoms. The van der Waals surface area contributed by atoms with Crippen molar-refractivity contribution in [3.63, 3.8) is 0 Å². The first-order valence-electron chi connectivity index (χ1n) is 12.2. The topological polar surface area (TPSA) is 197 Å². The molecule has 0 unspecified atom stereocenters. The van der Waals surface area contributed by atoms with Crippen molar-refractivity contribution in [3.05, 3.63) is 64.1 Å². The van der Waals surface area contributed by atoms with E-state index < -0.39 is 4.92 Å². The highest BCUT2D eigenvalue weighted by Crippen LogP contribution is 2.39. The number of nitrogens with one attached hydrogen (secondary N) is 1. The van der Waals surface area contributed by atoms with Crippen molar-refractivity contribution >= 4 is 34.4 Å². The summed E-state index contributed by atoms with van der Waals surface area (Å²) in [7, 11) is 1.48. The SMILES string of the molecule is COc1cc(OCCN2CCCC2)c([N+](=O)[O-])cc1Nc1ncc(Cl)c(-c2cnn3ccccc23)n1.N/N=N/N. The maximum atomic E-state index is 11.8. The zero-order valence-electron chi connectivity index (χ0n) is 21.6. The Morgan fingerprint density at radius 2 is 1.95 bits per heavy atom. The number of nitro groups is 1. The number of rotatable bonds is 9. The molecule has 0 bridgehead atoms. The van der Waals surface area contributed by atoms with Crippen LogP contribution in [-0.4, -0.2) is 62.8 Å². The van der Waals surface area contributed by atoms with Gasteiger partial charge in [-0.3, -0.25) is 15.0 Å². The number of hydrogen-bond acceptors (Lipinski definition) is 11. The molecule has 40 heavy (non-hydrogen) atoms. The summed E-state index contributed by atoms with van der Waals surface area (Å²) in [5, 5.41) is 24.8. The molecule has 0 aliphatic carbocycles. The van der Waals surface area contributed by atoms with Crippen LogP contribution in [0.5, 0.6) is 11.5 Å². The molecule has 4 heterocycles. The van der Waals surface area contributed by atoms with E-state index in [0.717, 1.165) is 24.2 Å². The number of halogens is 1. The summed E-state index contributed by atoms with van der Waals surface area (Å²) in [5.41, 5.74) is 2.17. The van der Waals surface area contributed by atoms with Crippen LogP contribution in [0.1, 0.15) is 12.8 Å². The van der Waals surface area contributed by atoms with Crippen molar-refractivity contribution in [1.82, 2.24) is 24.5 Å². The van der Waals surface area contributed by atoms with Gasteiger partial charge in [0, 0.05) is 30.4 Å². The minimum absolute atomic E-state index is 0.144. The van der Waals surface area contributed by atoms with E-state index in [-0.39, 0.29) is 17.4 Å². The third kappa shape index (κ3) is 6.62. The van der Waals surface area contributed by atoms with Gasteiger partial charge in [-0.15, -0.1) is 0 Å². The normalized spacial score (nSPS) is 13.2. The quantitative estimate of drug-likeness (QED) is 0.115. The van der Waals surface area contributed by atoms with E-state index in [1.807, 2.05) is 24.4 Å². The Labute approximate surface area is 233 Å². The second-order valence-electron chi connectivity index (χ2n) is 8.51. The molecule has 210 valence electrons. The van der Waals surface area contributed by atoms with Gasteiger partial charge in [-0.2, -0.15) is 5.10 Å². The molecule has 1 fully saturated rings. The van der Waals surface area contributed by atoms with Gasteiger partial charge in [-0.25, -0.2) is 14.5 Å². The lowest BCUT2D eigenvalue weighted by atomic mass is 10.2. The van der Waals surface area contributed by atoms with Crippen LogP contribution >= 0.6 is 11.6 Å². The molecule has 0 amide bonds. The Balaban J connectivity index is 0.000000867. The maximum Gasteiger partial charge on any atom is 0.313 e. The van der Waals surface area contributed by atoms with E-state index in [9.17, 15) is 10.1 Å². The standard InChI is InChI=1S/C24H24ClN7O4.H4N4/c1-35-21-13-22(36-11-10-30-7-4-5-8-30)20(32(33)34)12-18(21)28-24-26-15-17(25)23(29-24)16-14-27-31-9-3-2-6-19(16)31;1-3-4-2/h2-3,6,9,12-15H,4-5,7-8,10-11H2,1H3,(H,26,28,29);(H2,1,4)(H2,2,3). The van der Waals surface area contributed by atoms with E-state index in [2.05, 4.69) is 47.4 Å². The van der Waals surface area contributed by atoms with Crippen LogP contribution < -0.4 is 26.5 Å². The van der Waals surface area contributed by atoms with Gasteiger partial charge in [-0.05, 0) is 38.1 Å². The number of hydrogen-bond donors (Lipinski definition) is 3. The highest BCUT2D eigenvalue weighted by atomic mass is 35.5.